The third-order valence-corrected chi connectivity index (χ3v) is 4.86. The number of rotatable bonds is 4. The molecule has 1 aliphatic heterocycles. The number of fused-ring (bicyclic) bond motifs is 1. The first-order chi connectivity index (χ1) is 10.1. The number of hydrogen-bond donors (Lipinski definition) is 2. The zero-order valence-electron chi connectivity index (χ0n) is 12.3. The fourth-order valence-corrected chi connectivity index (χ4v) is 3.69. The minimum Gasteiger partial charge on any atom is -0.373 e. The topological polar surface area (TPSA) is 41.1 Å². The molecule has 21 heavy (non-hydrogen) atoms. The summed E-state index contributed by atoms with van der Waals surface area (Å²) in [4.78, 5) is 13.8. The molecule has 1 amide bonds. The van der Waals surface area contributed by atoms with Gasteiger partial charge in [-0.2, -0.15) is 0 Å². The highest BCUT2D eigenvalue weighted by Gasteiger charge is 2.29. The van der Waals surface area contributed by atoms with E-state index in [9.17, 15) is 4.79 Å². The van der Waals surface area contributed by atoms with Crippen molar-refractivity contribution in [2.75, 3.05) is 5.32 Å². The first-order valence-electron chi connectivity index (χ1n) is 7.33. The molecule has 1 aliphatic rings. The van der Waals surface area contributed by atoms with Crippen molar-refractivity contribution in [2.24, 2.45) is 5.92 Å². The standard InChI is InChI=1S/C17H20N2OS/c1-11(2)16(15-8-5-9-21-15)19-17(20)14-10-12-6-3-4-7-13(12)18-14/h3-9,11,14,16,18H,10H2,1-2H3,(H,19,20). The molecule has 110 valence electrons. The van der Waals surface area contributed by atoms with E-state index in [0.717, 1.165) is 12.1 Å². The Morgan fingerprint density at radius 3 is 2.76 bits per heavy atom. The molecule has 4 heteroatoms. The van der Waals surface area contributed by atoms with Crippen LogP contribution in [0.25, 0.3) is 0 Å². The van der Waals surface area contributed by atoms with E-state index < -0.39 is 0 Å². The molecular weight excluding hydrogens is 280 g/mol. The van der Waals surface area contributed by atoms with Gasteiger partial charge in [0.1, 0.15) is 6.04 Å². The van der Waals surface area contributed by atoms with Gasteiger partial charge in [-0.3, -0.25) is 4.79 Å². The van der Waals surface area contributed by atoms with Gasteiger partial charge in [0.15, 0.2) is 0 Å². The Balaban J connectivity index is 1.69. The summed E-state index contributed by atoms with van der Waals surface area (Å²) in [5.74, 6) is 0.453. The normalized spacial score (nSPS) is 18.1. The summed E-state index contributed by atoms with van der Waals surface area (Å²) < 4.78 is 0. The quantitative estimate of drug-likeness (QED) is 0.906. The summed E-state index contributed by atoms with van der Waals surface area (Å²) in [5.41, 5.74) is 2.30. The number of hydrogen-bond acceptors (Lipinski definition) is 3. The van der Waals surface area contributed by atoms with Crippen molar-refractivity contribution < 1.29 is 4.79 Å². The summed E-state index contributed by atoms with van der Waals surface area (Å²) in [6.07, 6.45) is 0.761. The van der Waals surface area contributed by atoms with Crippen LogP contribution in [0.2, 0.25) is 0 Å². The Kier molecular flexibility index (Phi) is 3.97. The van der Waals surface area contributed by atoms with Gasteiger partial charge in [0.05, 0.1) is 6.04 Å². The molecule has 0 saturated carbocycles. The van der Waals surface area contributed by atoms with E-state index in [-0.39, 0.29) is 18.0 Å². The second-order valence-corrected chi connectivity index (χ2v) is 6.78. The van der Waals surface area contributed by atoms with Crippen molar-refractivity contribution in [3.63, 3.8) is 0 Å². The molecule has 2 heterocycles. The van der Waals surface area contributed by atoms with Gasteiger partial charge in [-0.15, -0.1) is 11.3 Å². The van der Waals surface area contributed by atoms with Crippen LogP contribution in [0.4, 0.5) is 5.69 Å². The lowest BCUT2D eigenvalue weighted by Crippen LogP contribution is -2.41. The summed E-state index contributed by atoms with van der Waals surface area (Å²) in [6.45, 7) is 4.28. The lowest BCUT2D eigenvalue weighted by Gasteiger charge is -2.23. The van der Waals surface area contributed by atoms with Gasteiger partial charge in [0.2, 0.25) is 5.91 Å². The average molecular weight is 300 g/mol. The number of anilines is 1. The molecule has 0 spiro atoms. The molecule has 2 aromatic rings. The van der Waals surface area contributed by atoms with Gasteiger partial charge in [-0.25, -0.2) is 0 Å². The second-order valence-electron chi connectivity index (χ2n) is 5.80. The first kappa shape index (κ1) is 14.1. The second kappa shape index (κ2) is 5.90. The number of thiophene rings is 1. The van der Waals surface area contributed by atoms with E-state index in [1.807, 2.05) is 24.3 Å². The zero-order valence-corrected chi connectivity index (χ0v) is 13.1. The van der Waals surface area contributed by atoms with Crippen LogP contribution < -0.4 is 10.6 Å². The maximum Gasteiger partial charge on any atom is 0.243 e. The molecule has 2 N–H and O–H groups in total. The molecule has 3 rings (SSSR count). The van der Waals surface area contributed by atoms with E-state index in [1.165, 1.54) is 10.4 Å². The summed E-state index contributed by atoms with van der Waals surface area (Å²) in [6, 6.07) is 12.2. The largest absolute Gasteiger partial charge is 0.373 e. The van der Waals surface area contributed by atoms with Crippen molar-refractivity contribution in [3.05, 3.63) is 52.2 Å². The summed E-state index contributed by atoms with van der Waals surface area (Å²) >= 11 is 1.70. The molecule has 0 radical (unpaired) electrons. The van der Waals surface area contributed by atoms with Gasteiger partial charge in [-0.05, 0) is 29.0 Å². The van der Waals surface area contributed by atoms with E-state index in [1.54, 1.807) is 11.3 Å². The number of nitrogens with one attached hydrogen (secondary N) is 2. The predicted octanol–water partition coefficient (Wildman–Crippen LogP) is 3.60. The SMILES string of the molecule is CC(C)C(NC(=O)C1Cc2ccccc2N1)c1cccs1. The zero-order chi connectivity index (χ0) is 14.8. The van der Waals surface area contributed by atoms with Crippen LogP contribution in [0.1, 0.15) is 30.3 Å². The molecule has 0 aliphatic carbocycles. The van der Waals surface area contributed by atoms with Gasteiger partial charge < -0.3 is 10.6 Å². The van der Waals surface area contributed by atoms with Crippen LogP contribution in [0, 0.1) is 5.92 Å². The highest BCUT2D eigenvalue weighted by atomic mass is 32.1. The van der Waals surface area contributed by atoms with Gasteiger partial charge >= 0.3 is 0 Å². The number of carbonyl (C=O) groups is 1. The molecule has 0 saturated heterocycles. The number of para-hydroxylation sites is 1. The van der Waals surface area contributed by atoms with Crippen LogP contribution in [0.3, 0.4) is 0 Å². The highest BCUT2D eigenvalue weighted by Crippen LogP contribution is 2.28. The van der Waals surface area contributed by atoms with Gasteiger partial charge in [0, 0.05) is 17.0 Å². The first-order valence-corrected chi connectivity index (χ1v) is 8.21. The monoisotopic (exact) mass is 300 g/mol. The fourth-order valence-electron chi connectivity index (χ4n) is 2.74. The van der Waals surface area contributed by atoms with Crippen LogP contribution in [0.15, 0.2) is 41.8 Å². The Morgan fingerprint density at radius 2 is 2.10 bits per heavy atom. The molecule has 3 nitrogen and oxygen atoms in total. The molecule has 2 atom stereocenters. The third kappa shape index (κ3) is 2.95. The smallest absolute Gasteiger partial charge is 0.243 e. The summed E-state index contributed by atoms with van der Waals surface area (Å²) in [7, 11) is 0. The van der Waals surface area contributed by atoms with Gasteiger partial charge in [-0.1, -0.05) is 38.1 Å². The van der Waals surface area contributed by atoms with E-state index in [4.69, 9.17) is 0 Å². The Bertz CT molecular complexity index is 596. The van der Waals surface area contributed by atoms with Crippen molar-refractivity contribution in [1.82, 2.24) is 5.32 Å². The Labute approximate surface area is 129 Å². The highest BCUT2D eigenvalue weighted by molar-refractivity contribution is 7.10. The van der Waals surface area contributed by atoms with Crippen LogP contribution in [0.5, 0.6) is 0 Å². The number of benzene rings is 1. The fraction of sp³-hybridized carbons (Fsp3) is 0.353. The maximum atomic E-state index is 12.6. The van der Waals surface area contributed by atoms with E-state index >= 15 is 0 Å². The lowest BCUT2D eigenvalue weighted by atomic mass is 10.0. The molecule has 0 fully saturated rings. The number of carbonyl (C=O) groups excluding carboxylic acids is 1. The lowest BCUT2D eigenvalue weighted by molar-refractivity contribution is -0.122. The summed E-state index contributed by atoms with van der Waals surface area (Å²) in [5, 5.41) is 8.58. The van der Waals surface area contributed by atoms with Crippen molar-refractivity contribution in [3.8, 4) is 0 Å². The van der Waals surface area contributed by atoms with Crippen LogP contribution in [-0.2, 0) is 11.2 Å². The van der Waals surface area contributed by atoms with Crippen LogP contribution >= 0.6 is 11.3 Å². The molecule has 1 aromatic carbocycles. The number of amides is 1. The van der Waals surface area contributed by atoms with Gasteiger partial charge in [0.25, 0.3) is 0 Å². The average Bonchev–Trinajstić information content (AvgIpc) is 3.12. The minimum absolute atomic E-state index is 0.0818. The van der Waals surface area contributed by atoms with Crippen molar-refractivity contribution >= 4 is 22.9 Å². The molecule has 0 bridgehead atoms. The third-order valence-electron chi connectivity index (χ3n) is 3.90. The minimum atomic E-state index is -0.163. The van der Waals surface area contributed by atoms with Crippen LogP contribution in [-0.4, -0.2) is 11.9 Å². The molecular formula is C17H20N2OS. The Morgan fingerprint density at radius 1 is 1.29 bits per heavy atom. The van der Waals surface area contributed by atoms with Crippen molar-refractivity contribution in [2.45, 2.75) is 32.4 Å². The maximum absolute atomic E-state index is 12.6. The molecule has 1 aromatic heterocycles. The van der Waals surface area contributed by atoms with E-state index in [2.05, 4.69) is 42.0 Å². The van der Waals surface area contributed by atoms with E-state index in [0.29, 0.717) is 5.92 Å². The Hall–Kier alpha value is -1.81. The predicted molar refractivity (Wildman–Crippen MR) is 87.6 cm³/mol. The molecule has 2 unspecified atom stereocenters. The van der Waals surface area contributed by atoms with Crippen molar-refractivity contribution in [1.29, 1.82) is 0 Å².